The summed E-state index contributed by atoms with van der Waals surface area (Å²) in [6.45, 7) is 0. The minimum atomic E-state index is -0.642. The lowest BCUT2D eigenvalue weighted by atomic mass is 10.1. The van der Waals surface area contributed by atoms with Gasteiger partial charge in [0, 0.05) is 4.90 Å². The molecule has 0 bridgehead atoms. The molecule has 0 aromatic heterocycles. The molecule has 0 saturated carbocycles. The van der Waals surface area contributed by atoms with E-state index in [1.165, 1.54) is 26.2 Å². The van der Waals surface area contributed by atoms with E-state index in [0.717, 1.165) is 5.56 Å². The van der Waals surface area contributed by atoms with Crippen LogP contribution >= 0.6 is 11.9 Å². The number of methoxy groups -OCH3 is 2. The fourth-order valence-electron chi connectivity index (χ4n) is 1.97. The first kappa shape index (κ1) is 17.1. The summed E-state index contributed by atoms with van der Waals surface area (Å²) in [5.41, 5.74) is 1.21. The lowest BCUT2D eigenvalue weighted by molar-refractivity contribution is -0.142. The van der Waals surface area contributed by atoms with Gasteiger partial charge in [0.25, 0.3) is 0 Å². The van der Waals surface area contributed by atoms with Crippen LogP contribution in [0.3, 0.4) is 0 Å². The van der Waals surface area contributed by atoms with Crippen molar-refractivity contribution in [2.75, 3.05) is 14.2 Å². The Bertz CT molecular complexity index is 675. The minimum absolute atomic E-state index is 0.403. The lowest BCUT2D eigenvalue weighted by Crippen LogP contribution is -2.25. The third-order valence-corrected chi connectivity index (χ3v) is 4.08. The predicted molar refractivity (Wildman–Crippen MR) is 88.0 cm³/mol. The van der Waals surface area contributed by atoms with Gasteiger partial charge in [-0.15, -0.1) is 0 Å². The average Bonchev–Trinajstić information content (AvgIpc) is 2.62. The van der Waals surface area contributed by atoms with E-state index in [9.17, 15) is 9.59 Å². The smallest absolute Gasteiger partial charge is 0.339 e. The van der Waals surface area contributed by atoms with Crippen molar-refractivity contribution < 1.29 is 19.1 Å². The highest BCUT2D eigenvalue weighted by Crippen LogP contribution is 2.25. The van der Waals surface area contributed by atoms with Gasteiger partial charge in [0.1, 0.15) is 6.04 Å². The maximum Gasteiger partial charge on any atom is 0.339 e. The van der Waals surface area contributed by atoms with Gasteiger partial charge >= 0.3 is 11.9 Å². The van der Waals surface area contributed by atoms with Crippen LogP contribution in [0.2, 0.25) is 0 Å². The third-order valence-electron chi connectivity index (χ3n) is 3.15. The molecule has 0 spiro atoms. The predicted octanol–water partition coefficient (Wildman–Crippen LogP) is 2.98. The fourth-order valence-corrected chi connectivity index (χ4v) is 2.86. The Kier molecular flexibility index (Phi) is 6.19. The number of carbonyl (C=O) groups is 2. The first-order valence-electron chi connectivity index (χ1n) is 6.90. The van der Waals surface area contributed by atoms with Crippen molar-refractivity contribution in [1.82, 2.24) is 4.72 Å². The standard InChI is InChI=1S/C17H17NO4S/c1-21-16(19)13-10-6-7-11-14(13)23-18-15(17(20)22-2)12-8-4-3-5-9-12/h3-11,15,18H,1-2H3. The third kappa shape index (κ3) is 4.34. The molecule has 0 aliphatic heterocycles. The Morgan fingerprint density at radius 2 is 1.61 bits per heavy atom. The van der Waals surface area contributed by atoms with E-state index in [4.69, 9.17) is 9.47 Å². The molecular weight excluding hydrogens is 314 g/mol. The van der Waals surface area contributed by atoms with E-state index in [1.54, 1.807) is 18.2 Å². The summed E-state index contributed by atoms with van der Waals surface area (Å²) >= 11 is 1.19. The number of esters is 2. The van der Waals surface area contributed by atoms with E-state index in [0.29, 0.717) is 10.5 Å². The van der Waals surface area contributed by atoms with E-state index in [1.807, 2.05) is 36.4 Å². The topological polar surface area (TPSA) is 64.6 Å². The molecule has 2 aromatic carbocycles. The molecule has 1 N–H and O–H groups in total. The van der Waals surface area contributed by atoms with Crippen LogP contribution in [0.4, 0.5) is 0 Å². The van der Waals surface area contributed by atoms with Gasteiger partial charge in [-0.25, -0.2) is 14.3 Å². The van der Waals surface area contributed by atoms with Gasteiger partial charge < -0.3 is 9.47 Å². The number of carbonyl (C=O) groups excluding carboxylic acids is 2. The second-order valence-electron chi connectivity index (χ2n) is 4.57. The summed E-state index contributed by atoms with van der Waals surface area (Å²) in [7, 11) is 2.67. The van der Waals surface area contributed by atoms with E-state index in [2.05, 4.69) is 4.72 Å². The normalized spacial score (nSPS) is 11.6. The van der Waals surface area contributed by atoms with Crippen molar-refractivity contribution in [3.05, 3.63) is 65.7 Å². The zero-order chi connectivity index (χ0) is 16.7. The molecule has 6 heteroatoms. The summed E-state index contributed by atoms with van der Waals surface area (Å²) in [6, 6.07) is 15.6. The van der Waals surface area contributed by atoms with Crippen molar-refractivity contribution in [3.63, 3.8) is 0 Å². The number of rotatable bonds is 6. The molecule has 2 aromatic rings. The van der Waals surface area contributed by atoms with Crippen LogP contribution < -0.4 is 4.72 Å². The summed E-state index contributed by atoms with van der Waals surface area (Å²) in [5.74, 6) is -0.830. The first-order valence-corrected chi connectivity index (χ1v) is 7.71. The fraction of sp³-hybridized carbons (Fsp3) is 0.176. The minimum Gasteiger partial charge on any atom is -0.468 e. The molecule has 0 fully saturated rings. The van der Waals surface area contributed by atoms with Crippen LogP contribution in [0.1, 0.15) is 22.0 Å². The van der Waals surface area contributed by atoms with Crippen molar-refractivity contribution in [3.8, 4) is 0 Å². The second kappa shape index (κ2) is 8.36. The van der Waals surface area contributed by atoms with Gasteiger partial charge in [-0.2, -0.15) is 0 Å². The van der Waals surface area contributed by atoms with Crippen molar-refractivity contribution >= 4 is 23.9 Å². The van der Waals surface area contributed by atoms with Crippen LogP contribution in [0.25, 0.3) is 0 Å². The molecule has 0 radical (unpaired) electrons. The quantitative estimate of drug-likeness (QED) is 0.648. The highest BCUT2D eigenvalue weighted by Gasteiger charge is 2.22. The first-order chi connectivity index (χ1) is 11.2. The largest absolute Gasteiger partial charge is 0.468 e. The molecule has 2 rings (SSSR count). The summed E-state index contributed by atoms with van der Waals surface area (Å²) < 4.78 is 12.7. The Balaban J connectivity index is 2.20. The van der Waals surface area contributed by atoms with E-state index >= 15 is 0 Å². The van der Waals surface area contributed by atoms with Gasteiger partial charge in [-0.05, 0) is 29.6 Å². The SMILES string of the molecule is COC(=O)c1ccccc1SNC(C(=O)OC)c1ccccc1. The molecule has 0 heterocycles. The Morgan fingerprint density at radius 1 is 0.957 bits per heavy atom. The molecule has 5 nitrogen and oxygen atoms in total. The summed E-state index contributed by atoms with van der Waals surface area (Å²) in [4.78, 5) is 24.5. The Morgan fingerprint density at radius 3 is 2.26 bits per heavy atom. The van der Waals surface area contributed by atoms with Gasteiger partial charge in [0.15, 0.2) is 0 Å². The number of hydrogen-bond donors (Lipinski definition) is 1. The van der Waals surface area contributed by atoms with Crippen molar-refractivity contribution in [2.45, 2.75) is 10.9 Å². The van der Waals surface area contributed by atoms with E-state index in [-0.39, 0.29) is 0 Å². The molecule has 23 heavy (non-hydrogen) atoms. The van der Waals surface area contributed by atoms with Gasteiger partial charge in [0.05, 0.1) is 19.8 Å². The maximum absolute atomic E-state index is 12.0. The molecule has 1 atom stereocenters. The van der Waals surface area contributed by atoms with Crippen LogP contribution in [0, 0.1) is 0 Å². The lowest BCUT2D eigenvalue weighted by Gasteiger charge is -2.17. The second-order valence-corrected chi connectivity index (χ2v) is 5.45. The molecular formula is C17H17NO4S. The van der Waals surface area contributed by atoms with Gasteiger partial charge in [-0.1, -0.05) is 42.5 Å². The number of hydrogen-bond acceptors (Lipinski definition) is 6. The van der Waals surface area contributed by atoms with Crippen LogP contribution in [-0.2, 0) is 14.3 Å². The van der Waals surface area contributed by atoms with Crippen molar-refractivity contribution in [1.29, 1.82) is 0 Å². The number of benzene rings is 2. The Labute approximate surface area is 139 Å². The number of ether oxygens (including phenoxy) is 2. The van der Waals surface area contributed by atoms with Gasteiger partial charge in [-0.3, -0.25) is 0 Å². The zero-order valence-corrected chi connectivity index (χ0v) is 13.6. The molecule has 1 unspecified atom stereocenters. The average molecular weight is 331 g/mol. The maximum atomic E-state index is 12.0. The number of nitrogens with one attached hydrogen (secondary N) is 1. The van der Waals surface area contributed by atoms with Gasteiger partial charge in [0.2, 0.25) is 0 Å². The molecule has 0 saturated heterocycles. The van der Waals surface area contributed by atoms with Crippen LogP contribution in [-0.4, -0.2) is 26.2 Å². The zero-order valence-electron chi connectivity index (χ0n) is 12.8. The molecule has 0 aliphatic rings. The monoisotopic (exact) mass is 331 g/mol. The molecule has 0 amide bonds. The van der Waals surface area contributed by atoms with Crippen LogP contribution in [0.15, 0.2) is 59.5 Å². The Hall–Kier alpha value is -2.31. The van der Waals surface area contributed by atoms with Crippen LogP contribution in [0.5, 0.6) is 0 Å². The highest BCUT2D eigenvalue weighted by atomic mass is 32.2. The highest BCUT2D eigenvalue weighted by molar-refractivity contribution is 7.97. The van der Waals surface area contributed by atoms with Crippen molar-refractivity contribution in [2.24, 2.45) is 0 Å². The summed E-state index contributed by atoms with van der Waals surface area (Å²) in [5, 5.41) is 0. The molecule has 0 aliphatic carbocycles. The summed E-state index contributed by atoms with van der Waals surface area (Å²) in [6.07, 6.45) is 0. The van der Waals surface area contributed by atoms with E-state index < -0.39 is 18.0 Å². The molecule has 120 valence electrons.